The summed E-state index contributed by atoms with van der Waals surface area (Å²) in [7, 11) is 0. The van der Waals surface area contributed by atoms with Gasteiger partial charge >= 0.3 is 0 Å². The van der Waals surface area contributed by atoms with E-state index < -0.39 is 6.17 Å². The Bertz CT molecular complexity index is 2160. The molecule has 1 aliphatic heterocycles. The van der Waals surface area contributed by atoms with Crippen LogP contribution < -0.4 is 22.1 Å². The van der Waals surface area contributed by atoms with Gasteiger partial charge in [-0.05, 0) is 56.7 Å². The second kappa shape index (κ2) is 15.8. The van der Waals surface area contributed by atoms with E-state index in [9.17, 15) is 0 Å². The number of benzene rings is 6. The molecule has 6 aromatic rings. The van der Waals surface area contributed by atoms with Gasteiger partial charge in [0.2, 0.25) is 0 Å². The minimum absolute atomic E-state index is 0.157. The summed E-state index contributed by atoms with van der Waals surface area (Å²) >= 11 is 0. The van der Waals surface area contributed by atoms with Gasteiger partial charge in [-0.25, -0.2) is 4.99 Å². The molecule has 0 aromatic heterocycles. The third-order valence-corrected chi connectivity index (χ3v) is 8.82. The highest BCUT2D eigenvalue weighted by atomic mass is 15.2. The number of nitrogens with zero attached hydrogens (tertiary/aromatic N) is 2. The van der Waals surface area contributed by atoms with Gasteiger partial charge in [-0.2, -0.15) is 0 Å². The van der Waals surface area contributed by atoms with Crippen molar-refractivity contribution in [3.8, 4) is 11.1 Å². The maximum absolute atomic E-state index is 6.75. The summed E-state index contributed by atoms with van der Waals surface area (Å²) in [6.45, 7) is 0.529. The van der Waals surface area contributed by atoms with Crippen LogP contribution in [-0.2, 0) is 6.54 Å². The van der Waals surface area contributed by atoms with Gasteiger partial charge in [-0.1, -0.05) is 170 Å². The Morgan fingerprint density at radius 2 is 1.22 bits per heavy atom. The van der Waals surface area contributed by atoms with Crippen LogP contribution in [0.4, 0.5) is 0 Å². The van der Waals surface area contributed by atoms with Crippen molar-refractivity contribution in [1.82, 2.24) is 10.6 Å². The summed E-state index contributed by atoms with van der Waals surface area (Å²) in [6.07, 6.45) is 3.59. The van der Waals surface area contributed by atoms with Gasteiger partial charge in [0.15, 0.2) is 5.96 Å². The molecule has 0 spiro atoms. The Hall–Kier alpha value is -6.50. The fourth-order valence-corrected chi connectivity index (χ4v) is 6.00. The Kier molecular flexibility index (Phi) is 10.2. The molecular formula is C45H40N6. The average Bonchev–Trinajstić information content (AvgIpc) is 3.21. The van der Waals surface area contributed by atoms with Crippen LogP contribution in [0.5, 0.6) is 0 Å². The van der Waals surface area contributed by atoms with Crippen molar-refractivity contribution in [2.24, 2.45) is 21.5 Å². The van der Waals surface area contributed by atoms with Crippen LogP contribution in [0, 0.1) is 0 Å². The van der Waals surface area contributed by atoms with E-state index in [1.165, 1.54) is 5.56 Å². The number of nitrogens with two attached hydrogens (primary N) is 2. The Morgan fingerprint density at radius 3 is 1.86 bits per heavy atom. The van der Waals surface area contributed by atoms with E-state index in [0.717, 1.165) is 50.4 Å². The Labute approximate surface area is 299 Å². The van der Waals surface area contributed by atoms with E-state index in [0.29, 0.717) is 18.2 Å². The van der Waals surface area contributed by atoms with Crippen LogP contribution in [0.2, 0.25) is 0 Å². The van der Waals surface area contributed by atoms with Crippen molar-refractivity contribution >= 4 is 23.1 Å². The fraction of sp³-hybridized carbons (Fsp3) is 0.0667. The minimum atomic E-state index is -0.509. The van der Waals surface area contributed by atoms with Crippen LogP contribution in [0.25, 0.3) is 22.5 Å². The lowest BCUT2D eigenvalue weighted by Crippen LogP contribution is -2.43. The SMILES string of the molecule is N/C(=C\C(=NCc1ccccc1)c1ccc(C(N)NC2=NC(c3ccccc3)C=C(c3ccccc3)N2)cc1)c1ccc(-c2ccccc2)cc1. The van der Waals surface area contributed by atoms with E-state index in [2.05, 4.69) is 89.5 Å². The number of guanidine groups is 1. The first-order valence-corrected chi connectivity index (χ1v) is 17.1. The summed E-state index contributed by atoms with van der Waals surface area (Å²) < 4.78 is 0. The topological polar surface area (TPSA) is 101 Å². The molecule has 0 aliphatic carbocycles. The van der Waals surface area contributed by atoms with Gasteiger partial charge in [0.25, 0.3) is 0 Å². The standard InChI is InChI=1S/C45H40N6/c46-40(35-23-21-34(22-24-35)33-15-7-2-8-16-33)29-41(48-31-32-13-5-1-6-14-32)38-25-27-39(28-26-38)44(47)51-45-49-42(36-17-9-3-10-18-36)30-43(50-45)37-19-11-4-12-20-37/h1-30,42,44H,31,46-47H2,(H2,49,50,51)/b40-29-,48-41?. The minimum Gasteiger partial charge on any atom is -0.398 e. The molecule has 0 saturated heterocycles. The van der Waals surface area contributed by atoms with E-state index in [4.69, 9.17) is 21.5 Å². The molecule has 1 heterocycles. The monoisotopic (exact) mass is 664 g/mol. The lowest BCUT2D eigenvalue weighted by molar-refractivity contribution is 0.660. The molecule has 6 nitrogen and oxygen atoms in total. The van der Waals surface area contributed by atoms with Crippen LogP contribution in [0.1, 0.15) is 45.6 Å². The van der Waals surface area contributed by atoms with Gasteiger partial charge in [-0.3, -0.25) is 4.99 Å². The lowest BCUT2D eigenvalue weighted by atomic mass is 10.0. The zero-order valence-corrected chi connectivity index (χ0v) is 28.2. The summed E-state index contributed by atoms with van der Waals surface area (Å²) in [6, 6.07) is 57.3. The number of hydrogen-bond acceptors (Lipinski definition) is 6. The maximum atomic E-state index is 6.75. The normalized spacial score (nSPS) is 15.3. The van der Waals surface area contributed by atoms with Crippen LogP contribution in [-0.4, -0.2) is 11.7 Å². The molecule has 250 valence electrons. The van der Waals surface area contributed by atoms with E-state index >= 15 is 0 Å². The third kappa shape index (κ3) is 8.39. The first kappa shape index (κ1) is 33.0. The molecule has 6 aromatic carbocycles. The van der Waals surface area contributed by atoms with Crippen molar-refractivity contribution in [3.05, 3.63) is 215 Å². The van der Waals surface area contributed by atoms with Crippen LogP contribution in [0.15, 0.2) is 192 Å². The molecule has 0 fully saturated rings. The van der Waals surface area contributed by atoms with Gasteiger partial charge in [0.05, 0.1) is 18.3 Å². The average molecular weight is 665 g/mol. The van der Waals surface area contributed by atoms with Gasteiger partial charge < -0.3 is 22.1 Å². The maximum Gasteiger partial charge on any atom is 0.198 e. The van der Waals surface area contributed by atoms with Gasteiger partial charge in [0.1, 0.15) is 6.17 Å². The second-order valence-electron chi connectivity index (χ2n) is 12.4. The van der Waals surface area contributed by atoms with Gasteiger partial charge in [-0.15, -0.1) is 0 Å². The predicted octanol–water partition coefficient (Wildman–Crippen LogP) is 8.63. The molecule has 6 heteroatoms. The van der Waals surface area contributed by atoms with Crippen LogP contribution >= 0.6 is 0 Å². The van der Waals surface area contributed by atoms with Gasteiger partial charge in [0, 0.05) is 11.4 Å². The number of rotatable bonds is 10. The highest BCUT2D eigenvalue weighted by Crippen LogP contribution is 2.27. The van der Waals surface area contributed by atoms with E-state index in [1.54, 1.807) is 0 Å². The Balaban J connectivity index is 1.12. The van der Waals surface area contributed by atoms with Crippen molar-refractivity contribution in [2.45, 2.75) is 18.8 Å². The first-order valence-electron chi connectivity index (χ1n) is 17.1. The van der Waals surface area contributed by atoms with Crippen molar-refractivity contribution in [2.75, 3.05) is 0 Å². The van der Waals surface area contributed by atoms with E-state index in [1.807, 2.05) is 103 Å². The lowest BCUT2D eigenvalue weighted by Gasteiger charge is -2.26. The summed E-state index contributed by atoms with van der Waals surface area (Å²) in [5.41, 5.74) is 24.3. The molecule has 2 unspecified atom stereocenters. The Morgan fingerprint density at radius 1 is 0.667 bits per heavy atom. The molecule has 0 saturated carbocycles. The smallest absolute Gasteiger partial charge is 0.198 e. The number of nitrogens with one attached hydrogen (secondary N) is 2. The highest BCUT2D eigenvalue weighted by molar-refractivity contribution is 6.12. The van der Waals surface area contributed by atoms with E-state index in [-0.39, 0.29) is 6.04 Å². The molecule has 2 atom stereocenters. The third-order valence-electron chi connectivity index (χ3n) is 8.82. The molecule has 1 aliphatic rings. The molecule has 0 amide bonds. The molecule has 0 radical (unpaired) electrons. The quantitative estimate of drug-likeness (QED) is 0.0870. The molecule has 51 heavy (non-hydrogen) atoms. The number of allylic oxidation sites excluding steroid dienone is 1. The summed E-state index contributed by atoms with van der Waals surface area (Å²) in [5, 5.41) is 6.87. The van der Waals surface area contributed by atoms with Crippen LogP contribution in [0.3, 0.4) is 0 Å². The largest absolute Gasteiger partial charge is 0.398 e. The summed E-state index contributed by atoms with van der Waals surface area (Å²) in [5.74, 6) is 0.612. The molecule has 7 rings (SSSR count). The zero-order chi connectivity index (χ0) is 34.8. The predicted molar refractivity (Wildman–Crippen MR) is 211 cm³/mol. The van der Waals surface area contributed by atoms with Crippen molar-refractivity contribution < 1.29 is 0 Å². The zero-order valence-electron chi connectivity index (χ0n) is 28.2. The number of hydrogen-bond donors (Lipinski definition) is 4. The van der Waals surface area contributed by atoms with Crippen molar-refractivity contribution in [3.63, 3.8) is 0 Å². The fourth-order valence-electron chi connectivity index (χ4n) is 6.00. The highest BCUT2D eigenvalue weighted by Gasteiger charge is 2.20. The first-order chi connectivity index (χ1) is 25.1. The molecule has 6 N–H and O–H groups in total. The molecule has 0 bridgehead atoms. The summed E-state index contributed by atoms with van der Waals surface area (Å²) in [4.78, 5) is 9.99. The second-order valence-corrected chi connectivity index (χ2v) is 12.4. The van der Waals surface area contributed by atoms with Crippen molar-refractivity contribution in [1.29, 1.82) is 0 Å². The number of aliphatic imine (C=N–C) groups is 2. The molecular weight excluding hydrogens is 625 g/mol.